The smallest absolute Gasteiger partial charge is 0.257 e. The maximum atomic E-state index is 12.5. The quantitative estimate of drug-likeness (QED) is 0.727. The molecule has 0 saturated carbocycles. The summed E-state index contributed by atoms with van der Waals surface area (Å²) in [6.45, 7) is 2.10. The van der Waals surface area contributed by atoms with E-state index < -0.39 is 0 Å². The molecule has 3 aromatic rings. The minimum absolute atomic E-state index is 0.161. The number of aryl methyl sites for hydroxylation is 1. The second-order valence-electron chi connectivity index (χ2n) is 6.31. The van der Waals surface area contributed by atoms with E-state index in [2.05, 4.69) is 15.6 Å². The van der Waals surface area contributed by atoms with Crippen molar-refractivity contribution < 1.29 is 19.1 Å². The Morgan fingerprint density at radius 3 is 2.25 bits per heavy atom. The number of pyridine rings is 1. The van der Waals surface area contributed by atoms with Crippen LogP contribution in [0.15, 0.2) is 60.9 Å². The van der Waals surface area contributed by atoms with Crippen LogP contribution >= 0.6 is 0 Å². The maximum absolute atomic E-state index is 12.5. The molecule has 0 atom stereocenters. The van der Waals surface area contributed by atoms with Gasteiger partial charge in [-0.2, -0.15) is 0 Å². The second kappa shape index (κ2) is 7.40. The first kappa shape index (κ1) is 17.5. The number of nitrogens with zero attached hydrogens (tertiary/aromatic N) is 1. The molecule has 7 nitrogen and oxygen atoms in total. The van der Waals surface area contributed by atoms with Crippen LogP contribution in [0.5, 0.6) is 11.5 Å². The molecule has 0 bridgehead atoms. The Hall–Kier alpha value is -3.87. The monoisotopic (exact) mass is 375 g/mol. The van der Waals surface area contributed by atoms with Crippen LogP contribution in [-0.4, -0.2) is 23.6 Å². The van der Waals surface area contributed by atoms with Crippen molar-refractivity contribution in [2.45, 2.75) is 6.92 Å². The lowest BCUT2D eigenvalue weighted by atomic mass is 10.1. The lowest BCUT2D eigenvalue weighted by molar-refractivity contribution is 0.102. The summed E-state index contributed by atoms with van der Waals surface area (Å²) in [5, 5.41) is 5.57. The van der Waals surface area contributed by atoms with Crippen LogP contribution in [-0.2, 0) is 0 Å². The Morgan fingerprint density at radius 2 is 1.54 bits per heavy atom. The van der Waals surface area contributed by atoms with Gasteiger partial charge in [-0.05, 0) is 42.8 Å². The van der Waals surface area contributed by atoms with Crippen LogP contribution in [0.2, 0.25) is 0 Å². The van der Waals surface area contributed by atoms with Crippen molar-refractivity contribution in [3.63, 3.8) is 0 Å². The van der Waals surface area contributed by atoms with Crippen molar-refractivity contribution in [2.75, 3.05) is 17.4 Å². The van der Waals surface area contributed by atoms with Crippen molar-refractivity contribution in [2.24, 2.45) is 0 Å². The number of hydrogen-bond donors (Lipinski definition) is 2. The van der Waals surface area contributed by atoms with Crippen molar-refractivity contribution in [3.8, 4) is 11.5 Å². The molecule has 2 amide bonds. The van der Waals surface area contributed by atoms with Crippen molar-refractivity contribution in [1.29, 1.82) is 0 Å². The first-order chi connectivity index (χ1) is 13.6. The fourth-order valence-electron chi connectivity index (χ4n) is 2.79. The van der Waals surface area contributed by atoms with Gasteiger partial charge < -0.3 is 20.1 Å². The van der Waals surface area contributed by atoms with E-state index in [1.807, 2.05) is 25.1 Å². The molecule has 2 heterocycles. The van der Waals surface area contributed by atoms with Gasteiger partial charge in [0.05, 0.1) is 11.1 Å². The molecule has 2 N–H and O–H groups in total. The zero-order valence-electron chi connectivity index (χ0n) is 15.1. The van der Waals surface area contributed by atoms with Crippen LogP contribution in [0.3, 0.4) is 0 Å². The number of fused-ring (bicyclic) bond motifs is 1. The first-order valence-corrected chi connectivity index (χ1v) is 8.62. The van der Waals surface area contributed by atoms with Gasteiger partial charge >= 0.3 is 0 Å². The van der Waals surface area contributed by atoms with Gasteiger partial charge in [-0.3, -0.25) is 14.6 Å². The summed E-state index contributed by atoms with van der Waals surface area (Å²) in [6, 6.07) is 14.1. The topological polar surface area (TPSA) is 89.6 Å². The molecule has 0 unspecified atom stereocenters. The van der Waals surface area contributed by atoms with E-state index in [1.54, 1.807) is 24.3 Å². The SMILES string of the molecule is Cc1cccc(NC(=O)c2cncc(C(=O)Nc3ccc4c(c3)OCO4)c2)c1. The minimum atomic E-state index is -0.378. The van der Waals surface area contributed by atoms with Crippen molar-refractivity contribution in [1.82, 2.24) is 4.98 Å². The summed E-state index contributed by atoms with van der Waals surface area (Å²) >= 11 is 0. The van der Waals surface area contributed by atoms with Gasteiger partial charge in [-0.1, -0.05) is 12.1 Å². The average molecular weight is 375 g/mol. The Labute approximate surface area is 161 Å². The number of anilines is 2. The van der Waals surface area contributed by atoms with E-state index >= 15 is 0 Å². The Bertz CT molecular complexity index is 1070. The third-order valence-electron chi connectivity index (χ3n) is 4.17. The molecule has 0 spiro atoms. The second-order valence-corrected chi connectivity index (χ2v) is 6.31. The summed E-state index contributed by atoms with van der Waals surface area (Å²) in [6.07, 6.45) is 2.83. The summed E-state index contributed by atoms with van der Waals surface area (Å²) in [5.74, 6) is 0.490. The largest absolute Gasteiger partial charge is 0.454 e. The van der Waals surface area contributed by atoms with E-state index in [0.29, 0.717) is 28.4 Å². The minimum Gasteiger partial charge on any atom is -0.454 e. The highest BCUT2D eigenvalue weighted by molar-refractivity contribution is 6.08. The number of benzene rings is 2. The lowest BCUT2D eigenvalue weighted by Gasteiger charge is -2.08. The fourth-order valence-corrected chi connectivity index (χ4v) is 2.79. The molecular formula is C21H17N3O4. The van der Waals surface area contributed by atoms with Gasteiger partial charge in [-0.15, -0.1) is 0 Å². The number of ether oxygens (including phenoxy) is 2. The van der Waals surface area contributed by atoms with Crippen LogP contribution in [0.1, 0.15) is 26.3 Å². The molecule has 0 saturated heterocycles. The zero-order valence-corrected chi connectivity index (χ0v) is 15.1. The summed E-state index contributed by atoms with van der Waals surface area (Å²) < 4.78 is 10.6. The maximum Gasteiger partial charge on any atom is 0.257 e. The van der Waals surface area contributed by atoms with E-state index in [1.165, 1.54) is 18.5 Å². The van der Waals surface area contributed by atoms with Gasteiger partial charge in [0.2, 0.25) is 6.79 Å². The highest BCUT2D eigenvalue weighted by Crippen LogP contribution is 2.34. The van der Waals surface area contributed by atoms with Gasteiger partial charge in [0.25, 0.3) is 11.8 Å². The average Bonchev–Trinajstić information content (AvgIpc) is 3.16. The number of aromatic nitrogens is 1. The molecule has 0 fully saturated rings. The third-order valence-corrected chi connectivity index (χ3v) is 4.17. The van der Waals surface area contributed by atoms with Gasteiger partial charge in [-0.25, -0.2) is 0 Å². The summed E-state index contributed by atoms with van der Waals surface area (Å²) in [7, 11) is 0. The molecule has 1 aromatic heterocycles. The number of hydrogen-bond acceptors (Lipinski definition) is 5. The molecule has 140 valence electrons. The van der Waals surface area contributed by atoms with Crippen LogP contribution < -0.4 is 20.1 Å². The predicted octanol–water partition coefficient (Wildman–Crippen LogP) is 3.62. The molecular weight excluding hydrogens is 358 g/mol. The Kier molecular flexibility index (Phi) is 4.63. The van der Waals surface area contributed by atoms with Crippen LogP contribution in [0.4, 0.5) is 11.4 Å². The Balaban J connectivity index is 1.48. The van der Waals surface area contributed by atoms with Gasteiger partial charge in [0.1, 0.15) is 0 Å². The predicted molar refractivity (Wildman–Crippen MR) is 104 cm³/mol. The highest BCUT2D eigenvalue weighted by atomic mass is 16.7. The summed E-state index contributed by atoms with van der Waals surface area (Å²) in [4.78, 5) is 29.0. The number of nitrogens with one attached hydrogen (secondary N) is 2. The molecule has 0 aliphatic carbocycles. The number of amides is 2. The number of rotatable bonds is 4. The Morgan fingerprint density at radius 1 is 0.857 bits per heavy atom. The van der Waals surface area contributed by atoms with E-state index in [0.717, 1.165) is 5.56 Å². The van der Waals surface area contributed by atoms with E-state index in [-0.39, 0.29) is 24.2 Å². The molecule has 1 aliphatic heterocycles. The van der Waals surface area contributed by atoms with Crippen molar-refractivity contribution >= 4 is 23.2 Å². The fraction of sp³-hybridized carbons (Fsp3) is 0.0952. The normalized spacial score (nSPS) is 11.8. The molecule has 28 heavy (non-hydrogen) atoms. The van der Waals surface area contributed by atoms with Gasteiger partial charge in [0, 0.05) is 29.8 Å². The lowest BCUT2D eigenvalue weighted by Crippen LogP contribution is -2.16. The number of carbonyl (C=O) groups excluding carboxylic acids is 2. The van der Waals surface area contributed by atoms with Crippen LogP contribution in [0.25, 0.3) is 0 Å². The molecule has 0 radical (unpaired) electrons. The number of carbonyl (C=O) groups is 2. The zero-order chi connectivity index (χ0) is 19.5. The van der Waals surface area contributed by atoms with Crippen molar-refractivity contribution in [3.05, 3.63) is 77.6 Å². The van der Waals surface area contributed by atoms with Crippen LogP contribution in [0, 0.1) is 6.92 Å². The van der Waals surface area contributed by atoms with E-state index in [4.69, 9.17) is 9.47 Å². The van der Waals surface area contributed by atoms with E-state index in [9.17, 15) is 9.59 Å². The third kappa shape index (κ3) is 3.78. The van der Waals surface area contributed by atoms with Gasteiger partial charge in [0.15, 0.2) is 11.5 Å². The standard InChI is InChI=1S/C21H17N3O4/c1-13-3-2-4-16(7-13)23-20(25)14-8-15(11-22-10-14)21(26)24-17-5-6-18-19(9-17)28-12-27-18/h2-11H,12H2,1H3,(H,23,25)(H,24,26). The molecule has 2 aromatic carbocycles. The highest BCUT2D eigenvalue weighted by Gasteiger charge is 2.16. The summed E-state index contributed by atoms with van der Waals surface area (Å²) in [5.41, 5.74) is 2.84. The molecule has 1 aliphatic rings. The molecule has 7 heteroatoms. The molecule has 4 rings (SSSR count). The first-order valence-electron chi connectivity index (χ1n) is 8.62.